The molecule has 0 saturated carbocycles. The summed E-state index contributed by atoms with van der Waals surface area (Å²) in [5.74, 6) is 1.79. The Kier molecular flexibility index (Phi) is 6.72. The van der Waals surface area contributed by atoms with Gasteiger partial charge in [0.15, 0.2) is 5.60 Å². The Morgan fingerprint density at radius 2 is 1.49 bits per heavy atom. The number of anilines is 1. The van der Waals surface area contributed by atoms with Crippen LogP contribution in [0.1, 0.15) is 54.5 Å². The van der Waals surface area contributed by atoms with Crippen molar-refractivity contribution in [3.8, 4) is 22.6 Å². The molecule has 1 saturated heterocycles. The van der Waals surface area contributed by atoms with Crippen molar-refractivity contribution in [3.05, 3.63) is 131 Å². The van der Waals surface area contributed by atoms with E-state index in [1.807, 2.05) is 12.1 Å². The Morgan fingerprint density at radius 3 is 2.22 bits per heavy atom. The number of methoxy groups -OCH3 is 1. The molecular formula is C41H39NO3. The SMILES string of the molecule is CCC1(CC)c2ccccc2-c2c1c1c(c3cc(N4CCOCC4)ccc23)OC(c2ccccc2)(c2ccc(OC)cc2)C=C1. The molecular weight excluding hydrogens is 554 g/mol. The van der Waals surface area contributed by atoms with Crippen LogP contribution < -0.4 is 14.4 Å². The van der Waals surface area contributed by atoms with Gasteiger partial charge in [0.05, 0.1) is 20.3 Å². The number of hydrogen-bond acceptors (Lipinski definition) is 4. The number of morpholine rings is 1. The first-order valence-corrected chi connectivity index (χ1v) is 16.3. The number of hydrogen-bond donors (Lipinski definition) is 0. The number of nitrogens with zero attached hydrogens (tertiary/aromatic N) is 1. The largest absolute Gasteiger partial charge is 0.497 e. The molecule has 45 heavy (non-hydrogen) atoms. The standard InChI is InChI=1S/C41H39NO3/c1-4-40(5-2)36-14-10-9-13-33(36)37-32-20-17-30(42-23-25-44-26-24-42)27-35(32)39-34(38(37)40)21-22-41(45-39,28-11-7-6-8-12-28)29-15-18-31(43-3)19-16-29/h6-22,27H,4-5,23-26H2,1-3H3. The van der Waals surface area contributed by atoms with Crippen molar-refractivity contribution in [1.82, 2.24) is 0 Å². The molecule has 0 spiro atoms. The van der Waals surface area contributed by atoms with Crippen LogP contribution in [0.4, 0.5) is 5.69 Å². The van der Waals surface area contributed by atoms with E-state index in [1.165, 1.54) is 38.9 Å². The molecule has 1 unspecified atom stereocenters. The van der Waals surface area contributed by atoms with Crippen molar-refractivity contribution < 1.29 is 14.2 Å². The summed E-state index contributed by atoms with van der Waals surface area (Å²) in [6.45, 7) is 7.95. The Hall–Kier alpha value is -4.54. The zero-order valence-electron chi connectivity index (χ0n) is 26.3. The highest BCUT2D eigenvalue weighted by molar-refractivity contribution is 6.09. The van der Waals surface area contributed by atoms with E-state index in [0.717, 1.165) is 67.2 Å². The summed E-state index contributed by atoms with van der Waals surface area (Å²) in [4.78, 5) is 2.44. The summed E-state index contributed by atoms with van der Waals surface area (Å²) < 4.78 is 18.8. The van der Waals surface area contributed by atoms with Crippen molar-refractivity contribution in [2.45, 2.75) is 37.7 Å². The van der Waals surface area contributed by atoms with Crippen molar-refractivity contribution in [1.29, 1.82) is 0 Å². The van der Waals surface area contributed by atoms with Gasteiger partial charge in [0.1, 0.15) is 11.5 Å². The predicted octanol–water partition coefficient (Wildman–Crippen LogP) is 9.12. The minimum Gasteiger partial charge on any atom is -0.497 e. The Bertz CT molecular complexity index is 1920. The van der Waals surface area contributed by atoms with E-state index in [4.69, 9.17) is 14.2 Å². The minimum absolute atomic E-state index is 0.0896. The van der Waals surface area contributed by atoms with Gasteiger partial charge in [-0.3, -0.25) is 0 Å². The van der Waals surface area contributed by atoms with E-state index in [0.29, 0.717) is 0 Å². The smallest absolute Gasteiger partial charge is 0.178 e. The summed E-state index contributed by atoms with van der Waals surface area (Å²) in [7, 11) is 1.71. The zero-order valence-corrected chi connectivity index (χ0v) is 26.3. The van der Waals surface area contributed by atoms with Crippen molar-refractivity contribution in [2.24, 2.45) is 0 Å². The summed E-state index contributed by atoms with van der Waals surface area (Å²) >= 11 is 0. The van der Waals surface area contributed by atoms with Gasteiger partial charge in [-0.25, -0.2) is 0 Å². The molecule has 4 heteroatoms. The molecule has 226 valence electrons. The van der Waals surface area contributed by atoms with Crippen LogP contribution in [-0.4, -0.2) is 33.4 Å². The van der Waals surface area contributed by atoms with Gasteiger partial charge in [-0.1, -0.05) is 92.7 Å². The molecule has 0 amide bonds. The first-order valence-electron chi connectivity index (χ1n) is 16.3. The van der Waals surface area contributed by atoms with Crippen LogP contribution in [0, 0.1) is 0 Å². The third-order valence-corrected chi connectivity index (χ3v) is 10.5. The van der Waals surface area contributed by atoms with Crippen LogP contribution in [0.25, 0.3) is 28.0 Å². The maximum Gasteiger partial charge on any atom is 0.178 e. The van der Waals surface area contributed by atoms with Gasteiger partial charge >= 0.3 is 0 Å². The molecule has 1 atom stereocenters. The second kappa shape index (κ2) is 10.8. The van der Waals surface area contributed by atoms with E-state index in [-0.39, 0.29) is 5.41 Å². The molecule has 2 heterocycles. The zero-order chi connectivity index (χ0) is 30.6. The molecule has 0 bridgehead atoms. The molecule has 5 aromatic rings. The van der Waals surface area contributed by atoms with Crippen LogP contribution in [0.15, 0.2) is 103 Å². The van der Waals surface area contributed by atoms with Gasteiger partial charge in [-0.15, -0.1) is 0 Å². The van der Waals surface area contributed by atoms with Crippen molar-refractivity contribution in [2.75, 3.05) is 38.3 Å². The van der Waals surface area contributed by atoms with Gasteiger partial charge in [-0.05, 0) is 70.8 Å². The molecule has 0 aromatic heterocycles. The molecule has 1 fully saturated rings. The van der Waals surface area contributed by atoms with Gasteiger partial charge < -0.3 is 19.1 Å². The van der Waals surface area contributed by atoms with Crippen molar-refractivity contribution in [3.63, 3.8) is 0 Å². The molecule has 0 N–H and O–H groups in total. The molecule has 2 aliphatic heterocycles. The first-order chi connectivity index (χ1) is 22.1. The highest BCUT2D eigenvalue weighted by Gasteiger charge is 2.46. The third kappa shape index (κ3) is 4.08. The Balaban J connectivity index is 1.45. The average Bonchev–Trinajstić information content (AvgIpc) is 3.43. The van der Waals surface area contributed by atoms with Crippen LogP contribution >= 0.6 is 0 Å². The molecule has 5 aromatic carbocycles. The number of fused-ring (bicyclic) bond motifs is 8. The highest BCUT2D eigenvalue weighted by Crippen LogP contribution is 2.60. The van der Waals surface area contributed by atoms with Crippen LogP contribution in [-0.2, 0) is 15.8 Å². The monoisotopic (exact) mass is 593 g/mol. The highest BCUT2D eigenvalue weighted by atomic mass is 16.5. The van der Waals surface area contributed by atoms with E-state index in [9.17, 15) is 0 Å². The van der Waals surface area contributed by atoms with Crippen LogP contribution in [0.3, 0.4) is 0 Å². The van der Waals surface area contributed by atoms with Crippen LogP contribution in [0.2, 0.25) is 0 Å². The fraction of sp³-hybridized carbons (Fsp3) is 0.268. The van der Waals surface area contributed by atoms with Crippen LogP contribution in [0.5, 0.6) is 11.5 Å². The third-order valence-electron chi connectivity index (χ3n) is 10.5. The van der Waals surface area contributed by atoms with E-state index in [1.54, 1.807) is 7.11 Å². The van der Waals surface area contributed by atoms with Gasteiger partial charge in [0.2, 0.25) is 0 Å². The number of rotatable bonds is 6. The lowest BCUT2D eigenvalue weighted by molar-refractivity contribution is 0.122. The topological polar surface area (TPSA) is 30.9 Å². The summed E-state index contributed by atoms with van der Waals surface area (Å²) in [5, 5.41) is 2.41. The van der Waals surface area contributed by atoms with E-state index in [2.05, 4.69) is 116 Å². The molecule has 1 aliphatic carbocycles. The average molecular weight is 594 g/mol. The fourth-order valence-electron chi connectivity index (χ4n) is 8.16. The lowest BCUT2D eigenvalue weighted by atomic mass is 9.71. The molecule has 0 radical (unpaired) electrons. The van der Waals surface area contributed by atoms with Gasteiger partial charge in [0.25, 0.3) is 0 Å². The summed E-state index contributed by atoms with van der Waals surface area (Å²) in [6, 6.07) is 35.0. The van der Waals surface area contributed by atoms with E-state index >= 15 is 0 Å². The molecule has 4 nitrogen and oxygen atoms in total. The second-order valence-corrected chi connectivity index (χ2v) is 12.4. The molecule has 8 rings (SSSR count). The quantitative estimate of drug-likeness (QED) is 0.196. The number of benzene rings is 5. The predicted molar refractivity (Wildman–Crippen MR) is 184 cm³/mol. The molecule has 3 aliphatic rings. The lowest BCUT2D eigenvalue weighted by Crippen LogP contribution is -2.36. The Labute approximate surface area is 265 Å². The number of ether oxygens (including phenoxy) is 3. The van der Waals surface area contributed by atoms with E-state index < -0.39 is 5.60 Å². The Morgan fingerprint density at radius 1 is 0.778 bits per heavy atom. The maximum atomic E-state index is 7.56. The van der Waals surface area contributed by atoms with Crippen molar-refractivity contribution >= 4 is 22.5 Å². The summed E-state index contributed by atoms with van der Waals surface area (Å²) in [6.07, 6.45) is 6.69. The van der Waals surface area contributed by atoms with Gasteiger partial charge in [0, 0.05) is 46.3 Å². The minimum atomic E-state index is -0.802. The van der Waals surface area contributed by atoms with Gasteiger partial charge in [-0.2, -0.15) is 0 Å². The lowest BCUT2D eigenvalue weighted by Gasteiger charge is -2.39. The fourth-order valence-corrected chi connectivity index (χ4v) is 8.16. The second-order valence-electron chi connectivity index (χ2n) is 12.4. The normalized spacial score (nSPS) is 19.5. The first kappa shape index (κ1) is 28.0. The maximum absolute atomic E-state index is 7.56. The summed E-state index contributed by atoms with van der Waals surface area (Å²) in [5.41, 5.74) is 9.24.